The van der Waals surface area contributed by atoms with Crippen molar-refractivity contribution in [1.29, 1.82) is 0 Å². The highest BCUT2D eigenvalue weighted by atomic mass is 16.5. The van der Waals surface area contributed by atoms with Crippen molar-refractivity contribution in [3.63, 3.8) is 0 Å². The van der Waals surface area contributed by atoms with E-state index >= 15 is 0 Å². The van der Waals surface area contributed by atoms with E-state index in [9.17, 15) is 9.59 Å². The third-order valence-corrected chi connectivity index (χ3v) is 4.82. The van der Waals surface area contributed by atoms with Gasteiger partial charge in [-0.05, 0) is 49.9 Å². The Kier molecular flexibility index (Phi) is 6.19. The molecule has 142 valence electrons. The number of ether oxygens (including phenoxy) is 1. The van der Waals surface area contributed by atoms with Gasteiger partial charge in [0.15, 0.2) is 0 Å². The van der Waals surface area contributed by atoms with Crippen molar-refractivity contribution in [3.05, 3.63) is 53.7 Å². The van der Waals surface area contributed by atoms with E-state index in [2.05, 4.69) is 4.98 Å². The van der Waals surface area contributed by atoms with Gasteiger partial charge in [0, 0.05) is 37.5 Å². The number of carbonyl (C=O) groups excluding carboxylic acids is 1. The molecule has 0 radical (unpaired) electrons. The Bertz CT molecular complexity index is 815. The van der Waals surface area contributed by atoms with Crippen molar-refractivity contribution in [3.8, 4) is 11.3 Å². The maximum atomic E-state index is 12.7. The quantitative estimate of drug-likeness (QED) is 0.844. The van der Waals surface area contributed by atoms with Crippen molar-refractivity contribution in [2.24, 2.45) is 0 Å². The molecule has 1 saturated heterocycles. The summed E-state index contributed by atoms with van der Waals surface area (Å²) in [5.74, 6) is -1.07. The zero-order chi connectivity index (χ0) is 19.2. The number of rotatable bonds is 6. The van der Waals surface area contributed by atoms with E-state index in [-0.39, 0.29) is 17.6 Å². The summed E-state index contributed by atoms with van der Waals surface area (Å²) in [4.78, 5) is 29.8. The van der Waals surface area contributed by atoms with Gasteiger partial charge >= 0.3 is 5.97 Å². The fourth-order valence-corrected chi connectivity index (χ4v) is 3.23. The predicted octanol–water partition coefficient (Wildman–Crippen LogP) is 3.48. The van der Waals surface area contributed by atoms with Gasteiger partial charge in [-0.2, -0.15) is 0 Å². The molecule has 1 aliphatic heterocycles. The number of amides is 1. The SMILES string of the molecule is CN(CCC1CCCCO1)C(=O)c1cccc(-c2cc(C(=O)O)ccn2)c1. The molecule has 6 nitrogen and oxygen atoms in total. The van der Waals surface area contributed by atoms with E-state index < -0.39 is 5.97 Å². The van der Waals surface area contributed by atoms with Gasteiger partial charge in [0.2, 0.25) is 0 Å². The minimum Gasteiger partial charge on any atom is -0.478 e. The minimum absolute atomic E-state index is 0.0675. The number of carboxylic acids is 1. The molecule has 2 heterocycles. The first-order chi connectivity index (χ1) is 13.0. The average Bonchev–Trinajstić information content (AvgIpc) is 2.72. The van der Waals surface area contributed by atoms with Gasteiger partial charge in [-0.15, -0.1) is 0 Å². The Labute approximate surface area is 158 Å². The van der Waals surface area contributed by atoms with Crippen LogP contribution in [-0.2, 0) is 4.74 Å². The standard InChI is InChI=1S/C21H24N2O4/c1-23(11-9-18-7-2-3-12-27-18)20(24)16-6-4-5-15(13-16)19-14-17(21(25)26)8-10-22-19/h4-6,8,10,13-14,18H,2-3,7,9,11-12H2,1H3,(H,25,26). The molecule has 3 rings (SSSR count). The number of aromatic carboxylic acids is 1. The summed E-state index contributed by atoms with van der Waals surface area (Å²) in [6.07, 6.45) is 5.90. The number of hydrogen-bond acceptors (Lipinski definition) is 4. The Morgan fingerprint density at radius 1 is 1.22 bits per heavy atom. The molecule has 2 aromatic rings. The van der Waals surface area contributed by atoms with Crippen LogP contribution in [0.5, 0.6) is 0 Å². The third kappa shape index (κ3) is 4.92. The number of carboxylic acid groups (broad SMARTS) is 1. The van der Waals surface area contributed by atoms with Crippen molar-refractivity contribution in [2.75, 3.05) is 20.2 Å². The van der Waals surface area contributed by atoms with Crippen molar-refractivity contribution >= 4 is 11.9 Å². The van der Waals surface area contributed by atoms with Crippen LogP contribution in [0.15, 0.2) is 42.6 Å². The van der Waals surface area contributed by atoms with Crippen LogP contribution in [0, 0.1) is 0 Å². The summed E-state index contributed by atoms with van der Waals surface area (Å²) in [5, 5.41) is 9.14. The average molecular weight is 368 g/mol. The summed E-state index contributed by atoms with van der Waals surface area (Å²) >= 11 is 0. The number of pyridine rings is 1. The van der Waals surface area contributed by atoms with E-state index in [1.807, 2.05) is 6.07 Å². The van der Waals surface area contributed by atoms with E-state index in [0.717, 1.165) is 25.9 Å². The molecule has 0 spiro atoms. The molecular weight excluding hydrogens is 344 g/mol. The first kappa shape index (κ1) is 19.0. The van der Waals surface area contributed by atoms with Crippen LogP contribution in [0.1, 0.15) is 46.4 Å². The molecule has 1 aromatic heterocycles. The topological polar surface area (TPSA) is 79.7 Å². The molecule has 6 heteroatoms. The molecule has 0 saturated carbocycles. The van der Waals surface area contributed by atoms with Gasteiger partial charge in [-0.3, -0.25) is 9.78 Å². The van der Waals surface area contributed by atoms with Crippen molar-refractivity contribution in [2.45, 2.75) is 31.8 Å². The Balaban J connectivity index is 1.69. The number of hydrogen-bond donors (Lipinski definition) is 1. The lowest BCUT2D eigenvalue weighted by molar-refractivity contribution is 0.00708. The van der Waals surface area contributed by atoms with Gasteiger partial charge in [0.05, 0.1) is 17.4 Å². The van der Waals surface area contributed by atoms with Crippen LogP contribution >= 0.6 is 0 Å². The second kappa shape index (κ2) is 8.77. The van der Waals surface area contributed by atoms with E-state index in [1.165, 1.54) is 24.8 Å². The number of carbonyl (C=O) groups is 2. The Morgan fingerprint density at radius 2 is 2.07 bits per heavy atom. The summed E-state index contributed by atoms with van der Waals surface area (Å²) < 4.78 is 5.73. The van der Waals surface area contributed by atoms with Gasteiger partial charge in [-0.25, -0.2) is 4.79 Å². The van der Waals surface area contributed by atoms with Crippen LogP contribution in [0.25, 0.3) is 11.3 Å². The highest BCUT2D eigenvalue weighted by Gasteiger charge is 2.18. The number of benzene rings is 1. The van der Waals surface area contributed by atoms with Crippen molar-refractivity contribution < 1.29 is 19.4 Å². The number of aromatic nitrogens is 1. The molecule has 0 aliphatic carbocycles. The van der Waals surface area contributed by atoms with E-state index in [4.69, 9.17) is 9.84 Å². The lowest BCUT2D eigenvalue weighted by atomic mass is 10.0. The molecular formula is C21H24N2O4. The van der Waals surface area contributed by atoms with Gasteiger partial charge in [0.25, 0.3) is 5.91 Å². The molecule has 1 N–H and O–H groups in total. The first-order valence-electron chi connectivity index (χ1n) is 9.21. The number of nitrogens with zero attached hydrogens (tertiary/aromatic N) is 2. The predicted molar refractivity (Wildman–Crippen MR) is 102 cm³/mol. The van der Waals surface area contributed by atoms with Gasteiger partial charge < -0.3 is 14.7 Å². The van der Waals surface area contributed by atoms with Crippen LogP contribution < -0.4 is 0 Å². The normalized spacial score (nSPS) is 16.7. The van der Waals surface area contributed by atoms with Crippen LogP contribution in [0.4, 0.5) is 0 Å². The molecule has 1 atom stereocenters. The third-order valence-electron chi connectivity index (χ3n) is 4.82. The zero-order valence-corrected chi connectivity index (χ0v) is 15.4. The molecule has 1 aromatic carbocycles. The summed E-state index contributed by atoms with van der Waals surface area (Å²) in [5.41, 5.74) is 1.97. The fraction of sp³-hybridized carbons (Fsp3) is 0.381. The van der Waals surface area contributed by atoms with Crippen LogP contribution in [0.2, 0.25) is 0 Å². The fourth-order valence-electron chi connectivity index (χ4n) is 3.23. The maximum Gasteiger partial charge on any atom is 0.335 e. The smallest absolute Gasteiger partial charge is 0.335 e. The maximum absolute atomic E-state index is 12.7. The molecule has 27 heavy (non-hydrogen) atoms. The lowest BCUT2D eigenvalue weighted by Gasteiger charge is -2.25. The second-order valence-electron chi connectivity index (χ2n) is 6.82. The first-order valence-corrected chi connectivity index (χ1v) is 9.21. The molecule has 0 bridgehead atoms. The largest absolute Gasteiger partial charge is 0.478 e. The molecule has 1 fully saturated rings. The Morgan fingerprint density at radius 3 is 2.81 bits per heavy atom. The molecule has 1 unspecified atom stereocenters. The van der Waals surface area contributed by atoms with Crippen molar-refractivity contribution in [1.82, 2.24) is 9.88 Å². The second-order valence-corrected chi connectivity index (χ2v) is 6.82. The highest BCUT2D eigenvalue weighted by Crippen LogP contribution is 2.21. The van der Waals surface area contributed by atoms with Gasteiger partial charge in [-0.1, -0.05) is 12.1 Å². The van der Waals surface area contributed by atoms with E-state index in [1.54, 1.807) is 30.1 Å². The lowest BCUT2D eigenvalue weighted by Crippen LogP contribution is -2.31. The molecule has 1 amide bonds. The highest BCUT2D eigenvalue weighted by molar-refractivity contribution is 5.95. The Hall–Kier alpha value is -2.73. The summed E-state index contributed by atoms with van der Waals surface area (Å²) in [6, 6.07) is 10.1. The molecule has 1 aliphatic rings. The van der Waals surface area contributed by atoms with Gasteiger partial charge in [0.1, 0.15) is 0 Å². The minimum atomic E-state index is -1.00. The van der Waals surface area contributed by atoms with E-state index in [0.29, 0.717) is 23.4 Å². The van der Waals surface area contributed by atoms with Crippen LogP contribution in [-0.4, -0.2) is 53.2 Å². The zero-order valence-electron chi connectivity index (χ0n) is 15.4. The monoisotopic (exact) mass is 368 g/mol. The van der Waals surface area contributed by atoms with Crippen LogP contribution in [0.3, 0.4) is 0 Å². The summed E-state index contributed by atoms with van der Waals surface area (Å²) in [7, 11) is 1.79. The summed E-state index contributed by atoms with van der Waals surface area (Å²) in [6.45, 7) is 1.45.